The maximum absolute atomic E-state index is 13.0. The minimum absolute atomic E-state index is 0.0815. The molecule has 19 heteroatoms. The van der Waals surface area contributed by atoms with Gasteiger partial charge in [-0.2, -0.15) is 0 Å². The maximum Gasteiger partial charge on any atom is 0.472 e. The molecule has 5 atom stereocenters. The zero-order chi connectivity index (χ0) is 67.9. The highest BCUT2D eigenvalue weighted by molar-refractivity contribution is 7.47. The summed E-state index contributed by atoms with van der Waals surface area (Å²) in [7, 11) is -9.93. The van der Waals surface area contributed by atoms with Gasteiger partial charge < -0.3 is 33.8 Å². The van der Waals surface area contributed by atoms with Gasteiger partial charge in [0.25, 0.3) is 0 Å². The lowest BCUT2D eigenvalue weighted by molar-refractivity contribution is -0.161. The molecule has 0 saturated carbocycles. The summed E-state index contributed by atoms with van der Waals surface area (Å²) in [5, 5.41) is 10.6. The van der Waals surface area contributed by atoms with Crippen molar-refractivity contribution in [2.24, 2.45) is 11.8 Å². The number of aliphatic hydroxyl groups is 1. The molecule has 0 rings (SSSR count). The average Bonchev–Trinajstić information content (AvgIpc) is 1.74. The molecule has 3 N–H and O–H groups in total. The van der Waals surface area contributed by atoms with Gasteiger partial charge in [-0.3, -0.25) is 37.3 Å². The van der Waals surface area contributed by atoms with Crippen molar-refractivity contribution in [3.63, 3.8) is 0 Å². The summed E-state index contributed by atoms with van der Waals surface area (Å²) in [5.41, 5.74) is 0. The summed E-state index contributed by atoms with van der Waals surface area (Å²) in [6.45, 7) is 9.35. The molecule has 17 nitrogen and oxygen atoms in total. The molecule has 0 radical (unpaired) electrons. The molecule has 0 aliphatic carbocycles. The highest BCUT2D eigenvalue weighted by Crippen LogP contribution is 2.45. The Bertz CT molecular complexity index is 1970. The Balaban J connectivity index is 5.33. The molecule has 0 spiro atoms. The molecule has 538 valence electrons. The number of phosphoric acid groups is 2. The number of allylic oxidation sites excluding steroid dienone is 8. The molecule has 0 aromatic carbocycles. The van der Waals surface area contributed by atoms with Gasteiger partial charge in [0.1, 0.15) is 19.3 Å². The van der Waals surface area contributed by atoms with E-state index in [1.165, 1.54) is 109 Å². The van der Waals surface area contributed by atoms with Crippen molar-refractivity contribution in [2.45, 2.75) is 342 Å². The third kappa shape index (κ3) is 65.7. The number of rotatable bonds is 68. The zero-order valence-corrected chi connectivity index (χ0v) is 60.6. The van der Waals surface area contributed by atoms with Gasteiger partial charge in [-0.1, -0.05) is 270 Å². The predicted molar refractivity (Wildman–Crippen MR) is 372 cm³/mol. The van der Waals surface area contributed by atoms with E-state index in [-0.39, 0.29) is 25.7 Å². The number of hydrogen-bond donors (Lipinski definition) is 3. The smallest absolute Gasteiger partial charge is 0.462 e. The highest BCUT2D eigenvalue weighted by atomic mass is 31.2. The van der Waals surface area contributed by atoms with Gasteiger partial charge in [-0.25, -0.2) is 9.13 Å². The summed E-state index contributed by atoms with van der Waals surface area (Å²) in [4.78, 5) is 72.6. The molecule has 0 fully saturated rings. The molecule has 0 aliphatic rings. The molecule has 3 unspecified atom stereocenters. The van der Waals surface area contributed by atoms with Gasteiger partial charge in [-0.15, -0.1) is 0 Å². The van der Waals surface area contributed by atoms with Crippen LogP contribution in [0.3, 0.4) is 0 Å². The van der Waals surface area contributed by atoms with Gasteiger partial charge in [0.2, 0.25) is 0 Å². The number of carbonyl (C=O) groups excluding carboxylic acids is 4. The highest BCUT2D eigenvalue weighted by Gasteiger charge is 2.30. The molecule has 0 aromatic rings. The van der Waals surface area contributed by atoms with Crippen molar-refractivity contribution in [1.29, 1.82) is 0 Å². The second-order valence-electron chi connectivity index (χ2n) is 25.9. The van der Waals surface area contributed by atoms with Crippen LogP contribution in [0.2, 0.25) is 0 Å². The van der Waals surface area contributed by atoms with Crippen LogP contribution < -0.4 is 0 Å². The average molecular weight is 1350 g/mol. The van der Waals surface area contributed by atoms with Crippen LogP contribution in [-0.2, 0) is 65.4 Å². The van der Waals surface area contributed by atoms with E-state index in [1.807, 2.05) is 0 Å². The van der Waals surface area contributed by atoms with Crippen LogP contribution in [0.15, 0.2) is 48.6 Å². The second-order valence-corrected chi connectivity index (χ2v) is 28.8. The number of unbranched alkanes of at least 4 members (excludes halogenated alkanes) is 32. The Morgan fingerprint density at radius 1 is 0.337 bits per heavy atom. The van der Waals surface area contributed by atoms with E-state index in [9.17, 15) is 43.2 Å². The molecule has 0 bridgehead atoms. The molecule has 0 aliphatic heterocycles. The van der Waals surface area contributed by atoms with Crippen molar-refractivity contribution in [3.05, 3.63) is 48.6 Å². The Kier molecular flexibility index (Phi) is 62.0. The molecule has 0 amide bonds. The number of hydrogen-bond acceptors (Lipinski definition) is 15. The first-order chi connectivity index (χ1) is 44.4. The topological polar surface area (TPSA) is 237 Å². The quantitative estimate of drug-likeness (QED) is 0.0169. The van der Waals surface area contributed by atoms with Crippen LogP contribution in [0, 0.1) is 11.8 Å². The van der Waals surface area contributed by atoms with Crippen LogP contribution in [0.5, 0.6) is 0 Å². The standard InChI is InChI=1S/C73H134O17P2/c1-7-9-11-13-15-17-19-21-23-25-27-31-38-45-51-57-72(77)89-68(61-83-70(75)55-49-43-37-33-29-30-35-41-47-53-65(3)4)63-87-91(79,80)85-59-67(74)60-86-92(81,82)88-64-69(62-84-71(76)56-50-44-40-34-36-42-48-54-66(5)6)90-73(78)58-52-46-39-32-28-26-24-22-20-18-16-14-12-10-8-2/h17-24,65-69,74H,7-16,25-64H2,1-6H3,(H,79,80)(H,81,82)/b19-17-,20-18-,23-21-,24-22-/t67?,68-,69-/m1/s1. The predicted octanol–water partition coefficient (Wildman–Crippen LogP) is 20.3. The van der Waals surface area contributed by atoms with E-state index in [0.29, 0.717) is 31.6 Å². The molecule has 0 heterocycles. The number of esters is 4. The first-order valence-corrected chi connectivity index (χ1v) is 39.6. The number of aliphatic hydroxyl groups excluding tert-OH is 1. The third-order valence-electron chi connectivity index (χ3n) is 15.7. The minimum atomic E-state index is -4.97. The van der Waals surface area contributed by atoms with Gasteiger partial charge in [0.15, 0.2) is 12.2 Å². The second kappa shape index (κ2) is 64.0. The van der Waals surface area contributed by atoms with E-state index in [1.54, 1.807) is 0 Å². The SMILES string of the molecule is CCCCCC/C=C\C=C/CCCCCCCC(=O)O[C@H](COC(=O)CCCCCCCCCCCC(C)C)COP(=O)(O)OCC(O)COP(=O)(O)OC[C@@H](COC(=O)CCCCCCCCCC(C)C)OC(=O)CCCCCCC/C=C\C=C/CCCCCC. The van der Waals surface area contributed by atoms with Crippen molar-refractivity contribution in [3.8, 4) is 0 Å². The first kappa shape index (κ1) is 89.0. The van der Waals surface area contributed by atoms with Crippen molar-refractivity contribution < 1.29 is 80.2 Å². The summed E-state index contributed by atoms with van der Waals surface area (Å²) in [5.74, 6) is -0.744. The van der Waals surface area contributed by atoms with Gasteiger partial charge in [-0.05, 0) is 88.9 Å². The van der Waals surface area contributed by atoms with Gasteiger partial charge >= 0.3 is 39.5 Å². The number of phosphoric ester groups is 2. The number of ether oxygens (including phenoxy) is 4. The molecular weight excluding hydrogens is 1210 g/mol. The van der Waals surface area contributed by atoms with Crippen molar-refractivity contribution in [2.75, 3.05) is 39.6 Å². The Hall–Kier alpha value is -2.98. The summed E-state index contributed by atoms with van der Waals surface area (Å²) >= 11 is 0. The third-order valence-corrected chi connectivity index (χ3v) is 17.6. The molecule has 92 heavy (non-hydrogen) atoms. The van der Waals surface area contributed by atoms with E-state index < -0.39 is 97.5 Å². The molecule has 0 aromatic heterocycles. The molecule has 0 saturated heterocycles. The Morgan fingerprint density at radius 2 is 0.587 bits per heavy atom. The van der Waals surface area contributed by atoms with Gasteiger partial charge in [0.05, 0.1) is 26.4 Å². The fraction of sp³-hybridized carbons (Fsp3) is 0.836. The van der Waals surface area contributed by atoms with Crippen molar-refractivity contribution in [1.82, 2.24) is 0 Å². The van der Waals surface area contributed by atoms with Crippen LogP contribution in [0.1, 0.15) is 324 Å². The normalized spacial score (nSPS) is 14.4. The summed E-state index contributed by atoms with van der Waals surface area (Å²) in [6, 6.07) is 0. The van der Waals surface area contributed by atoms with E-state index >= 15 is 0 Å². The van der Waals surface area contributed by atoms with E-state index in [4.69, 9.17) is 37.0 Å². The fourth-order valence-corrected chi connectivity index (χ4v) is 11.6. The lowest BCUT2D eigenvalue weighted by atomic mass is 10.0. The molecular formula is C73H134O17P2. The van der Waals surface area contributed by atoms with Crippen molar-refractivity contribution >= 4 is 39.5 Å². The van der Waals surface area contributed by atoms with E-state index in [0.717, 1.165) is 128 Å². The Morgan fingerprint density at radius 3 is 0.880 bits per heavy atom. The van der Waals surface area contributed by atoms with Crippen LogP contribution in [0.25, 0.3) is 0 Å². The summed E-state index contributed by atoms with van der Waals surface area (Å²) in [6.07, 6.45) is 55.8. The van der Waals surface area contributed by atoms with Gasteiger partial charge in [0, 0.05) is 25.7 Å². The summed E-state index contributed by atoms with van der Waals surface area (Å²) < 4.78 is 68.3. The lowest BCUT2D eigenvalue weighted by Gasteiger charge is -2.21. The van der Waals surface area contributed by atoms with Crippen LogP contribution in [-0.4, -0.2) is 96.7 Å². The Labute approximate surface area is 559 Å². The van der Waals surface area contributed by atoms with E-state index in [2.05, 4.69) is 90.2 Å². The number of carbonyl (C=O) groups is 4. The van der Waals surface area contributed by atoms with Crippen LogP contribution >= 0.6 is 15.6 Å². The van der Waals surface area contributed by atoms with Crippen LogP contribution in [0.4, 0.5) is 0 Å². The monoisotopic (exact) mass is 1340 g/mol. The largest absolute Gasteiger partial charge is 0.472 e. The lowest BCUT2D eigenvalue weighted by Crippen LogP contribution is -2.30. The first-order valence-electron chi connectivity index (χ1n) is 36.6. The maximum atomic E-state index is 13.0. The fourth-order valence-electron chi connectivity index (χ4n) is 10.0. The zero-order valence-electron chi connectivity index (χ0n) is 58.8. The minimum Gasteiger partial charge on any atom is -0.462 e.